The molecule has 1 aliphatic rings. The van der Waals surface area contributed by atoms with Crippen LogP contribution in [0, 0.1) is 6.92 Å². The Kier molecular flexibility index (Phi) is 6.81. The number of Topliss-reactive ketones (excluding diaryl/α,β-unsaturated/α-hetero) is 1. The van der Waals surface area contributed by atoms with Crippen molar-refractivity contribution in [3.8, 4) is 0 Å². The molecule has 9 heteroatoms. The number of hydrogen-bond donors (Lipinski definition) is 0. The summed E-state index contributed by atoms with van der Waals surface area (Å²) in [6, 6.07) is 14.0. The summed E-state index contributed by atoms with van der Waals surface area (Å²) in [5.41, 5.74) is 2.44. The van der Waals surface area contributed by atoms with Gasteiger partial charge in [-0.3, -0.25) is 9.59 Å². The molecule has 4 rings (SSSR count). The van der Waals surface area contributed by atoms with E-state index in [0.29, 0.717) is 29.2 Å². The molecule has 0 N–H and O–H groups in total. The predicted octanol–water partition coefficient (Wildman–Crippen LogP) is 4.71. The van der Waals surface area contributed by atoms with E-state index in [0.717, 1.165) is 17.7 Å². The summed E-state index contributed by atoms with van der Waals surface area (Å²) >= 11 is 12.6. The molecule has 0 unspecified atom stereocenters. The fourth-order valence-electron chi connectivity index (χ4n) is 3.71. The highest BCUT2D eigenvalue weighted by Gasteiger charge is 2.24. The van der Waals surface area contributed by atoms with Crippen LogP contribution in [0.2, 0.25) is 10.2 Å². The SMILES string of the molecule is Cc1nn(Cc2ccccc2Cl)c(Cl)c1C(=O)OCC(=O)c1ccc(N2CCCC2=O)cc1. The van der Waals surface area contributed by atoms with Crippen LogP contribution >= 0.6 is 23.2 Å². The third kappa shape index (κ3) is 4.94. The van der Waals surface area contributed by atoms with Crippen molar-refractivity contribution in [3.05, 3.63) is 81.1 Å². The number of carbonyl (C=O) groups is 3. The van der Waals surface area contributed by atoms with E-state index in [1.54, 1.807) is 42.2 Å². The normalized spacial score (nSPS) is 13.4. The van der Waals surface area contributed by atoms with Gasteiger partial charge in [0.1, 0.15) is 10.7 Å². The van der Waals surface area contributed by atoms with Crippen molar-refractivity contribution in [2.24, 2.45) is 0 Å². The second-order valence-electron chi connectivity index (χ2n) is 7.70. The van der Waals surface area contributed by atoms with Crippen molar-refractivity contribution in [1.82, 2.24) is 9.78 Å². The molecular formula is C24H21Cl2N3O4. The zero-order valence-electron chi connectivity index (χ0n) is 17.9. The molecule has 0 atom stereocenters. The predicted molar refractivity (Wildman–Crippen MR) is 125 cm³/mol. The molecule has 0 saturated carbocycles. The lowest BCUT2D eigenvalue weighted by molar-refractivity contribution is -0.117. The maximum absolute atomic E-state index is 12.6. The Morgan fingerprint density at radius 1 is 1.09 bits per heavy atom. The lowest BCUT2D eigenvalue weighted by atomic mass is 10.1. The van der Waals surface area contributed by atoms with Crippen LogP contribution < -0.4 is 4.90 Å². The number of aromatic nitrogens is 2. The van der Waals surface area contributed by atoms with Gasteiger partial charge in [0.05, 0.1) is 12.2 Å². The first-order chi connectivity index (χ1) is 15.8. The Bertz CT molecular complexity index is 1220. The molecule has 2 heterocycles. The van der Waals surface area contributed by atoms with Crippen molar-refractivity contribution in [3.63, 3.8) is 0 Å². The van der Waals surface area contributed by atoms with E-state index < -0.39 is 12.6 Å². The number of carbonyl (C=O) groups excluding carboxylic acids is 3. The molecule has 33 heavy (non-hydrogen) atoms. The van der Waals surface area contributed by atoms with Crippen LogP contribution in [0.15, 0.2) is 48.5 Å². The van der Waals surface area contributed by atoms with Crippen molar-refractivity contribution >= 4 is 46.5 Å². The third-order valence-electron chi connectivity index (χ3n) is 5.46. The van der Waals surface area contributed by atoms with E-state index in [1.807, 2.05) is 18.2 Å². The molecular weight excluding hydrogens is 465 g/mol. The van der Waals surface area contributed by atoms with E-state index in [4.69, 9.17) is 27.9 Å². The van der Waals surface area contributed by atoms with E-state index in [9.17, 15) is 14.4 Å². The number of rotatable bonds is 7. The smallest absolute Gasteiger partial charge is 0.343 e. The van der Waals surface area contributed by atoms with Crippen molar-refractivity contribution in [2.75, 3.05) is 18.1 Å². The molecule has 0 radical (unpaired) electrons. The standard InChI is InChI=1S/C24H21Cl2N3O4/c1-15-22(23(26)29(27-15)13-17-5-2-3-6-19(17)25)24(32)33-14-20(30)16-8-10-18(11-9-16)28-12-4-7-21(28)31/h2-3,5-6,8-11H,4,7,12-14H2,1H3. The number of halogens is 2. The molecule has 1 aromatic heterocycles. The number of amides is 1. The van der Waals surface area contributed by atoms with Crippen LogP contribution in [0.1, 0.15) is 44.8 Å². The van der Waals surface area contributed by atoms with Crippen LogP contribution in [0.4, 0.5) is 5.69 Å². The number of benzene rings is 2. The largest absolute Gasteiger partial charge is 0.454 e. The second-order valence-corrected chi connectivity index (χ2v) is 8.46. The van der Waals surface area contributed by atoms with Crippen LogP contribution in [0.5, 0.6) is 0 Å². The van der Waals surface area contributed by atoms with Gasteiger partial charge in [-0.1, -0.05) is 41.4 Å². The molecule has 0 spiro atoms. The first kappa shape index (κ1) is 23.0. The second kappa shape index (κ2) is 9.77. The van der Waals surface area contributed by atoms with Crippen molar-refractivity contribution in [2.45, 2.75) is 26.3 Å². The first-order valence-electron chi connectivity index (χ1n) is 10.4. The highest BCUT2D eigenvalue weighted by Crippen LogP contribution is 2.25. The Labute approximate surface area is 200 Å². The number of aryl methyl sites for hydroxylation is 1. The quantitative estimate of drug-likeness (QED) is 0.357. The van der Waals surface area contributed by atoms with Gasteiger partial charge >= 0.3 is 5.97 Å². The number of esters is 1. The van der Waals surface area contributed by atoms with E-state index in [1.165, 1.54) is 4.68 Å². The Morgan fingerprint density at radius 3 is 2.48 bits per heavy atom. The third-order valence-corrected chi connectivity index (χ3v) is 6.21. The summed E-state index contributed by atoms with van der Waals surface area (Å²) in [4.78, 5) is 38.7. The number of ketones is 1. The fraction of sp³-hybridized carbons (Fsp3) is 0.250. The van der Waals surface area contributed by atoms with Gasteiger partial charge in [0.2, 0.25) is 5.91 Å². The van der Waals surface area contributed by atoms with E-state index >= 15 is 0 Å². The van der Waals surface area contributed by atoms with Gasteiger partial charge < -0.3 is 9.64 Å². The highest BCUT2D eigenvalue weighted by molar-refractivity contribution is 6.33. The number of nitrogens with zero attached hydrogens (tertiary/aromatic N) is 3. The van der Waals surface area contributed by atoms with Crippen LogP contribution in [0.3, 0.4) is 0 Å². The molecule has 7 nitrogen and oxygen atoms in total. The summed E-state index contributed by atoms with van der Waals surface area (Å²) in [6.07, 6.45) is 1.36. The summed E-state index contributed by atoms with van der Waals surface area (Å²) < 4.78 is 6.69. The van der Waals surface area contributed by atoms with Crippen molar-refractivity contribution in [1.29, 1.82) is 0 Å². The zero-order valence-corrected chi connectivity index (χ0v) is 19.4. The minimum atomic E-state index is -0.726. The van der Waals surface area contributed by atoms with Gasteiger partial charge in [0, 0.05) is 29.2 Å². The van der Waals surface area contributed by atoms with Crippen LogP contribution in [-0.2, 0) is 16.1 Å². The van der Waals surface area contributed by atoms with Gasteiger partial charge in [-0.25, -0.2) is 9.48 Å². The molecule has 1 aliphatic heterocycles. The molecule has 0 aliphatic carbocycles. The van der Waals surface area contributed by atoms with Gasteiger partial charge in [-0.05, 0) is 49.2 Å². The summed E-state index contributed by atoms with van der Waals surface area (Å²) in [5.74, 6) is -1.01. The fourth-order valence-corrected chi connectivity index (χ4v) is 4.22. The summed E-state index contributed by atoms with van der Waals surface area (Å²) in [7, 11) is 0. The lowest BCUT2D eigenvalue weighted by Gasteiger charge is -2.15. The number of hydrogen-bond acceptors (Lipinski definition) is 5. The average molecular weight is 486 g/mol. The van der Waals surface area contributed by atoms with Crippen LogP contribution in [-0.4, -0.2) is 40.6 Å². The van der Waals surface area contributed by atoms with Gasteiger partial charge in [-0.2, -0.15) is 5.10 Å². The maximum Gasteiger partial charge on any atom is 0.343 e. The molecule has 170 valence electrons. The maximum atomic E-state index is 12.6. The lowest BCUT2D eigenvalue weighted by Crippen LogP contribution is -2.23. The first-order valence-corrected chi connectivity index (χ1v) is 11.2. The molecule has 2 aromatic carbocycles. The molecule has 1 fully saturated rings. The Morgan fingerprint density at radius 2 is 1.82 bits per heavy atom. The minimum Gasteiger partial charge on any atom is -0.454 e. The highest BCUT2D eigenvalue weighted by atomic mass is 35.5. The molecule has 1 amide bonds. The number of anilines is 1. The van der Waals surface area contributed by atoms with Gasteiger partial charge in [0.15, 0.2) is 12.4 Å². The summed E-state index contributed by atoms with van der Waals surface area (Å²) in [6.45, 7) is 2.17. The molecule has 1 saturated heterocycles. The van der Waals surface area contributed by atoms with Crippen LogP contribution in [0.25, 0.3) is 0 Å². The van der Waals surface area contributed by atoms with Gasteiger partial charge in [0.25, 0.3) is 0 Å². The minimum absolute atomic E-state index is 0.0744. The van der Waals surface area contributed by atoms with Crippen molar-refractivity contribution < 1.29 is 19.1 Å². The Balaban J connectivity index is 1.40. The molecule has 3 aromatic rings. The van der Waals surface area contributed by atoms with Gasteiger partial charge in [-0.15, -0.1) is 0 Å². The Hall–Kier alpha value is -3.16. The number of ether oxygens (including phenoxy) is 1. The van der Waals surface area contributed by atoms with E-state index in [-0.39, 0.29) is 29.0 Å². The monoisotopic (exact) mass is 485 g/mol. The zero-order chi connectivity index (χ0) is 23.5. The summed E-state index contributed by atoms with van der Waals surface area (Å²) in [5, 5.41) is 5.00. The topological polar surface area (TPSA) is 81.5 Å². The molecule has 0 bridgehead atoms. The average Bonchev–Trinajstić information content (AvgIpc) is 3.35. The van der Waals surface area contributed by atoms with E-state index in [2.05, 4.69) is 5.10 Å².